The van der Waals surface area contributed by atoms with Crippen LogP contribution in [0.5, 0.6) is 5.75 Å². The molecular formula is C20H24FN3O3. The number of carbonyl (C=O) groups is 1. The van der Waals surface area contributed by atoms with Gasteiger partial charge in [0.1, 0.15) is 11.6 Å². The number of ether oxygens (including phenoxy) is 1. The van der Waals surface area contributed by atoms with Gasteiger partial charge in [0.05, 0.1) is 31.4 Å². The van der Waals surface area contributed by atoms with Crippen LogP contribution in [0, 0.1) is 12.7 Å². The van der Waals surface area contributed by atoms with Crippen LogP contribution in [0.4, 0.5) is 20.6 Å². The van der Waals surface area contributed by atoms with Crippen molar-refractivity contribution in [3.8, 4) is 5.75 Å². The van der Waals surface area contributed by atoms with Crippen LogP contribution in [-0.2, 0) is 6.54 Å². The second-order valence-electron chi connectivity index (χ2n) is 6.12. The van der Waals surface area contributed by atoms with E-state index < -0.39 is 6.09 Å². The van der Waals surface area contributed by atoms with Gasteiger partial charge in [0.15, 0.2) is 0 Å². The van der Waals surface area contributed by atoms with Crippen molar-refractivity contribution in [1.82, 2.24) is 4.90 Å². The predicted molar refractivity (Wildman–Crippen MR) is 105 cm³/mol. The topological polar surface area (TPSA) is 65.4 Å². The van der Waals surface area contributed by atoms with Crippen molar-refractivity contribution in [2.75, 3.05) is 25.6 Å². The Balaban J connectivity index is 2.40. The van der Waals surface area contributed by atoms with Gasteiger partial charge in [-0.2, -0.15) is 0 Å². The molecule has 0 bridgehead atoms. The largest absolute Gasteiger partial charge is 0.494 e. The Morgan fingerprint density at radius 2 is 1.96 bits per heavy atom. The molecule has 0 aliphatic carbocycles. The quantitative estimate of drug-likeness (QED) is 0.576. The minimum Gasteiger partial charge on any atom is -0.494 e. The molecule has 0 aliphatic heterocycles. The monoisotopic (exact) mass is 373 g/mol. The number of aryl methyl sites for hydroxylation is 1. The van der Waals surface area contributed by atoms with Crippen molar-refractivity contribution in [3.63, 3.8) is 0 Å². The molecule has 0 aliphatic rings. The molecule has 0 saturated carbocycles. The summed E-state index contributed by atoms with van der Waals surface area (Å²) in [5.74, 6) is 0.0322. The maximum absolute atomic E-state index is 13.1. The Hall–Kier alpha value is -3.09. The standard InChI is InChI=1S/C20H24FN3O3/c1-5-23(3)13-22-17-11-19(27-4)18(10-14(17)2)24(20(25)26)12-15-6-8-16(21)9-7-15/h6-11,13H,5,12H2,1-4H3,(H,25,26)/b22-13+. The Kier molecular flexibility index (Phi) is 6.76. The Morgan fingerprint density at radius 3 is 2.52 bits per heavy atom. The molecule has 0 unspecified atom stereocenters. The fourth-order valence-electron chi connectivity index (χ4n) is 2.45. The molecule has 0 fully saturated rings. The van der Waals surface area contributed by atoms with Crippen LogP contribution in [-0.4, -0.2) is 43.1 Å². The van der Waals surface area contributed by atoms with Gasteiger partial charge in [-0.3, -0.25) is 4.90 Å². The van der Waals surface area contributed by atoms with Crippen LogP contribution in [0.2, 0.25) is 0 Å². The third kappa shape index (κ3) is 5.20. The van der Waals surface area contributed by atoms with Gasteiger partial charge >= 0.3 is 6.09 Å². The Bertz CT molecular complexity index is 822. The van der Waals surface area contributed by atoms with Crippen LogP contribution in [0.3, 0.4) is 0 Å². The van der Waals surface area contributed by atoms with E-state index in [4.69, 9.17) is 4.74 Å². The highest BCUT2D eigenvalue weighted by Gasteiger charge is 2.20. The van der Waals surface area contributed by atoms with Crippen molar-refractivity contribution < 1.29 is 19.0 Å². The van der Waals surface area contributed by atoms with E-state index in [0.29, 0.717) is 22.7 Å². The van der Waals surface area contributed by atoms with Gasteiger partial charge in [-0.05, 0) is 43.2 Å². The molecule has 2 aromatic rings. The zero-order valence-electron chi connectivity index (χ0n) is 15.9. The number of halogens is 1. The van der Waals surface area contributed by atoms with E-state index in [1.807, 2.05) is 25.8 Å². The fraction of sp³-hybridized carbons (Fsp3) is 0.300. The van der Waals surface area contributed by atoms with Crippen molar-refractivity contribution >= 4 is 23.8 Å². The van der Waals surface area contributed by atoms with Gasteiger partial charge < -0.3 is 14.7 Å². The number of rotatable bonds is 7. The number of aliphatic imine (C=N–C) groups is 1. The first-order valence-corrected chi connectivity index (χ1v) is 8.53. The van der Waals surface area contributed by atoms with Gasteiger partial charge in [0.2, 0.25) is 0 Å². The van der Waals surface area contributed by atoms with E-state index >= 15 is 0 Å². The average molecular weight is 373 g/mol. The van der Waals surface area contributed by atoms with Crippen molar-refractivity contribution in [3.05, 3.63) is 53.3 Å². The number of benzene rings is 2. The number of hydrogen-bond acceptors (Lipinski definition) is 3. The zero-order chi connectivity index (χ0) is 20.0. The lowest BCUT2D eigenvalue weighted by atomic mass is 10.1. The molecular weight excluding hydrogens is 349 g/mol. The molecule has 2 rings (SSSR count). The summed E-state index contributed by atoms with van der Waals surface area (Å²) in [6.45, 7) is 4.77. The number of methoxy groups -OCH3 is 1. The maximum Gasteiger partial charge on any atom is 0.412 e. The normalized spacial score (nSPS) is 10.9. The highest BCUT2D eigenvalue weighted by Crippen LogP contribution is 2.36. The summed E-state index contributed by atoms with van der Waals surface area (Å²) in [4.78, 5) is 19.4. The highest BCUT2D eigenvalue weighted by molar-refractivity contribution is 5.89. The van der Waals surface area contributed by atoms with E-state index in [1.54, 1.807) is 30.6 Å². The second kappa shape index (κ2) is 9.02. The predicted octanol–water partition coefficient (Wildman–Crippen LogP) is 4.44. The Morgan fingerprint density at radius 1 is 1.30 bits per heavy atom. The number of nitrogens with zero attached hydrogens (tertiary/aromatic N) is 3. The van der Waals surface area contributed by atoms with Gasteiger partial charge in [0.25, 0.3) is 0 Å². The van der Waals surface area contributed by atoms with Crippen LogP contribution in [0.15, 0.2) is 41.4 Å². The lowest BCUT2D eigenvalue weighted by Gasteiger charge is -2.23. The molecule has 1 N–H and O–H groups in total. The summed E-state index contributed by atoms with van der Waals surface area (Å²) in [5.41, 5.74) is 2.60. The van der Waals surface area contributed by atoms with Crippen LogP contribution in [0.1, 0.15) is 18.1 Å². The first-order chi connectivity index (χ1) is 12.8. The second-order valence-corrected chi connectivity index (χ2v) is 6.12. The van der Waals surface area contributed by atoms with Crippen LogP contribution in [0.25, 0.3) is 0 Å². The number of anilines is 1. The van der Waals surface area contributed by atoms with Gasteiger partial charge in [-0.15, -0.1) is 0 Å². The lowest BCUT2D eigenvalue weighted by Crippen LogP contribution is -2.29. The summed E-state index contributed by atoms with van der Waals surface area (Å²) in [6.07, 6.45) is 0.591. The molecule has 0 heterocycles. The third-order valence-electron chi connectivity index (χ3n) is 4.17. The molecule has 7 heteroatoms. The average Bonchev–Trinajstić information content (AvgIpc) is 2.65. The molecule has 0 atom stereocenters. The summed E-state index contributed by atoms with van der Waals surface area (Å²) >= 11 is 0. The minimum absolute atomic E-state index is 0.0760. The van der Waals surface area contributed by atoms with Gasteiger partial charge in [0, 0.05) is 19.7 Å². The zero-order valence-corrected chi connectivity index (χ0v) is 15.9. The molecule has 0 saturated heterocycles. The van der Waals surface area contributed by atoms with Crippen molar-refractivity contribution in [2.45, 2.75) is 20.4 Å². The van der Waals surface area contributed by atoms with E-state index in [0.717, 1.165) is 12.1 Å². The smallest absolute Gasteiger partial charge is 0.412 e. The third-order valence-corrected chi connectivity index (χ3v) is 4.17. The van der Waals surface area contributed by atoms with E-state index in [2.05, 4.69) is 4.99 Å². The lowest BCUT2D eigenvalue weighted by molar-refractivity contribution is 0.201. The summed E-state index contributed by atoms with van der Waals surface area (Å²) in [7, 11) is 3.40. The van der Waals surface area contributed by atoms with E-state index in [9.17, 15) is 14.3 Å². The SMILES string of the molecule is CCN(C)/C=N/c1cc(OC)c(N(Cc2ccc(F)cc2)C(=O)O)cc1C. The summed E-state index contributed by atoms with van der Waals surface area (Å²) < 4.78 is 18.5. The summed E-state index contributed by atoms with van der Waals surface area (Å²) in [5, 5.41) is 9.69. The Labute approximate surface area is 158 Å². The van der Waals surface area contributed by atoms with Crippen LogP contribution >= 0.6 is 0 Å². The molecule has 6 nitrogen and oxygen atoms in total. The fourth-order valence-corrected chi connectivity index (χ4v) is 2.45. The molecule has 27 heavy (non-hydrogen) atoms. The van der Waals surface area contributed by atoms with Crippen LogP contribution < -0.4 is 9.64 Å². The first-order valence-electron chi connectivity index (χ1n) is 8.53. The molecule has 0 aromatic heterocycles. The molecule has 2 aromatic carbocycles. The van der Waals surface area contributed by atoms with E-state index in [1.165, 1.54) is 24.1 Å². The van der Waals surface area contributed by atoms with Crippen molar-refractivity contribution in [1.29, 1.82) is 0 Å². The minimum atomic E-state index is -1.13. The van der Waals surface area contributed by atoms with Gasteiger partial charge in [-0.1, -0.05) is 12.1 Å². The molecule has 0 spiro atoms. The van der Waals surface area contributed by atoms with E-state index in [-0.39, 0.29) is 12.4 Å². The number of carboxylic acid groups (broad SMARTS) is 1. The number of amides is 1. The molecule has 1 amide bonds. The number of hydrogen-bond donors (Lipinski definition) is 1. The summed E-state index contributed by atoms with van der Waals surface area (Å²) in [6, 6.07) is 9.17. The first kappa shape index (κ1) is 20.2. The van der Waals surface area contributed by atoms with Gasteiger partial charge in [-0.25, -0.2) is 14.2 Å². The highest BCUT2D eigenvalue weighted by atomic mass is 19.1. The maximum atomic E-state index is 13.1. The molecule has 0 radical (unpaired) electrons. The molecule has 144 valence electrons. The van der Waals surface area contributed by atoms with Crippen molar-refractivity contribution in [2.24, 2.45) is 4.99 Å².